The number of hydrogen-bond acceptors (Lipinski definition) is 3. The molecule has 1 N–H and O–H groups in total. The Balaban J connectivity index is 1.88. The van der Waals surface area contributed by atoms with E-state index in [4.69, 9.17) is 5.26 Å². The number of nitrogens with zero attached hydrogens (tertiary/aromatic N) is 2. The zero-order chi connectivity index (χ0) is 12.4. The molecule has 0 amide bonds. The zero-order valence-electron chi connectivity index (χ0n) is 10.4. The quantitative estimate of drug-likeness (QED) is 0.819. The first-order valence-corrected chi connectivity index (χ1v) is 6.66. The summed E-state index contributed by atoms with van der Waals surface area (Å²) in [5, 5.41) is 12.5. The molecule has 1 aromatic rings. The largest absolute Gasteiger partial charge is 0.310 e. The van der Waals surface area contributed by atoms with Gasteiger partial charge in [0, 0.05) is 18.4 Å². The molecule has 0 saturated carbocycles. The van der Waals surface area contributed by atoms with Gasteiger partial charge in [-0.2, -0.15) is 5.26 Å². The Bertz CT molecular complexity index is 513. The topological polar surface area (TPSA) is 48.7 Å². The van der Waals surface area contributed by atoms with Crippen molar-refractivity contribution < 1.29 is 0 Å². The van der Waals surface area contributed by atoms with Crippen molar-refractivity contribution in [1.82, 2.24) is 10.3 Å². The third-order valence-electron chi connectivity index (χ3n) is 4.04. The monoisotopic (exact) mass is 239 g/mol. The van der Waals surface area contributed by atoms with E-state index in [9.17, 15) is 0 Å². The van der Waals surface area contributed by atoms with Gasteiger partial charge in [0.25, 0.3) is 0 Å². The number of nitriles is 1. The highest BCUT2D eigenvalue weighted by Crippen LogP contribution is 2.34. The maximum Gasteiger partial charge on any atom is 0.101 e. The SMILES string of the molecule is N#Cc1cncc(C2=CC3NCCCC3CC2)c1. The fourth-order valence-corrected chi connectivity index (χ4v) is 3.06. The van der Waals surface area contributed by atoms with Crippen LogP contribution in [0, 0.1) is 17.2 Å². The molecule has 3 heteroatoms. The van der Waals surface area contributed by atoms with E-state index in [0.717, 1.165) is 24.4 Å². The Kier molecular flexibility index (Phi) is 3.12. The summed E-state index contributed by atoms with van der Waals surface area (Å²) in [5.41, 5.74) is 3.10. The summed E-state index contributed by atoms with van der Waals surface area (Å²) in [7, 11) is 0. The first-order valence-electron chi connectivity index (χ1n) is 6.66. The number of fused-ring (bicyclic) bond motifs is 1. The Labute approximate surface area is 108 Å². The van der Waals surface area contributed by atoms with Crippen LogP contribution in [-0.4, -0.2) is 17.6 Å². The average molecular weight is 239 g/mol. The smallest absolute Gasteiger partial charge is 0.101 e. The predicted octanol–water partition coefficient (Wildman–Crippen LogP) is 2.50. The predicted molar refractivity (Wildman–Crippen MR) is 70.7 cm³/mol. The molecule has 2 unspecified atom stereocenters. The maximum absolute atomic E-state index is 8.93. The van der Waals surface area contributed by atoms with Gasteiger partial charge in [-0.25, -0.2) is 0 Å². The van der Waals surface area contributed by atoms with Crippen molar-refractivity contribution in [3.63, 3.8) is 0 Å². The van der Waals surface area contributed by atoms with Gasteiger partial charge in [-0.3, -0.25) is 4.98 Å². The first-order chi connectivity index (χ1) is 8.86. The number of hydrogen-bond donors (Lipinski definition) is 1. The van der Waals surface area contributed by atoms with E-state index >= 15 is 0 Å². The van der Waals surface area contributed by atoms with Crippen LogP contribution in [0.4, 0.5) is 0 Å². The Morgan fingerprint density at radius 1 is 1.33 bits per heavy atom. The van der Waals surface area contributed by atoms with Gasteiger partial charge in [0.1, 0.15) is 6.07 Å². The summed E-state index contributed by atoms with van der Waals surface area (Å²) in [5.74, 6) is 0.801. The van der Waals surface area contributed by atoms with E-state index in [1.807, 2.05) is 12.3 Å². The number of piperidine rings is 1. The highest BCUT2D eigenvalue weighted by atomic mass is 14.9. The van der Waals surface area contributed by atoms with Crippen LogP contribution in [0.15, 0.2) is 24.5 Å². The van der Waals surface area contributed by atoms with Crippen LogP contribution < -0.4 is 5.32 Å². The van der Waals surface area contributed by atoms with Crippen LogP contribution in [0.3, 0.4) is 0 Å². The minimum Gasteiger partial charge on any atom is -0.310 e. The van der Waals surface area contributed by atoms with Gasteiger partial charge in [0.15, 0.2) is 0 Å². The molecule has 2 aliphatic rings. The molecule has 1 saturated heterocycles. The molecule has 0 spiro atoms. The molecular formula is C15H17N3. The van der Waals surface area contributed by atoms with Crippen molar-refractivity contribution in [3.05, 3.63) is 35.7 Å². The molecule has 18 heavy (non-hydrogen) atoms. The molecule has 1 fully saturated rings. The molecule has 3 rings (SSSR count). The summed E-state index contributed by atoms with van der Waals surface area (Å²) in [4.78, 5) is 4.15. The average Bonchev–Trinajstić information content (AvgIpc) is 2.47. The summed E-state index contributed by atoms with van der Waals surface area (Å²) in [6.07, 6.45) is 10.9. The van der Waals surface area contributed by atoms with Crippen molar-refractivity contribution >= 4 is 5.57 Å². The molecular weight excluding hydrogens is 222 g/mol. The van der Waals surface area contributed by atoms with Crippen molar-refractivity contribution in [2.75, 3.05) is 6.54 Å². The van der Waals surface area contributed by atoms with E-state index in [1.165, 1.54) is 24.8 Å². The second kappa shape index (κ2) is 4.91. The van der Waals surface area contributed by atoms with Crippen LogP contribution in [0.5, 0.6) is 0 Å². The number of allylic oxidation sites excluding steroid dienone is 1. The lowest BCUT2D eigenvalue weighted by atomic mass is 9.79. The number of pyridine rings is 1. The van der Waals surface area contributed by atoms with Gasteiger partial charge >= 0.3 is 0 Å². The van der Waals surface area contributed by atoms with Crippen LogP contribution in [-0.2, 0) is 0 Å². The summed E-state index contributed by atoms with van der Waals surface area (Å²) in [6.45, 7) is 1.13. The molecule has 0 bridgehead atoms. The number of rotatable bonds is 1. The van der Waals surface area contributed by atoms with Gasteiger partial charge in [-0.15, -0.1) is 0 Å². The molecule has 1 aromatic heterocycles. The fraction of sp³-hybridized carbons (Fsp3) is 0.467. The van der Waals surface area contributed by atoms with E-state index in [1.54, 1.807) is 6.20 Å². The minimum absolute atomic E-state index is 0.522. The van der Waals surface area contributed by atoms with E-state index < -0.39 is 0 Å². The summed E-state index contributed by atoms with van der Waals surface area (Å²) in [6, 6.07) is 4.63. The standard InChI is InChI=1S/C15H17N3/c16-8-11-6-14(10-17-9-11)13-4-3-12-2-1-5-18-15(12)7-13/h6-7,9-10,12,15,18H,1-5H2. The molecule has 92 valence electrons. The van der Waals surface area contributed by atoms with Crippen LogP contribution in [0.2, 0.25) is 0 Å². The van der Waals surface area contributed by atoms with E-state index in [2.05, 4.69) is 22.4 Å². The lowest BCUT2D eigenvalue weighted by molar-refractivity contribution is 0.298. The molecule has 2 atom stereocenters. The Morgan fingerprint density at radius 3 is 3.17 bits per heavy atom. The maximum atomic E-state index is 8.93. The first kappa shape index (κ1) is 11.4. The van der Waals surface area contributed by atoms with E-state index in [-0.39, 0.29) is 0 Å². The third-order valence-corrected chi connectivity index (χ3v) is 4.04. The van der Waals surface area contributed by atoms with Crippen LogP contribution >= 0.6 is 0 Å². The highest BCUT2D eigenvalue weighted by Gasteiger charge is 2.27. The third kappa shape index (κ3) is 2.16. The van der Waals surface area contributed by atoms with Gasteiger partial charge < -0.3 is 5.32 Å². The Hall–Kier alpha value is -1.66. The molecule has 0 aromatic carbocycles. The summed E-state index contributed by atoms with van der Waals surface area (Å²) < 4.78 is 0. The molecule has 0 radical (unpaired) electrons. The Morgan fingerprint density at radius 2 is 2.28 bits per heavy atom. The van der Waals surface area contributed by atoms with Crippen LogP contribution in [0.1, 0.15) is 36.8 Å². The van der Waals surface area contributed by atoms with Crippen molar-refractivity contribution in [3.8, 4) is 6.07 Å². The number of nitrogens with one attached hydrogen (secondary N) is 1. The van der Waals surface area contributed by atoms with Crippen molar-refractivity contribution in [2.45, 2.75) is 31.7 Å². The highest BCUT2D eigenvalue weighted by molar-refractivity contribution is 5.67. The van der Waals surface area contributed by atoms with Crippen molar-refractivity contribution in [2.24, 2.45) is 5.92 Å². The van der Waals surface area contributed by atoms with Gasteiger partial charge in [0.05, 0.1) is 5.56 Å². The lowest BCUT2D eigenvalue weighted by Crippen LogP contribution is -2.41. The summed E-state index contributed by atoms with van der Waals surface area (Å²) >= 11 is 0. The van der Waals surface area contributed by atoms with E-state index in [0.29, 0.717) is 11.6 Å². The van der Waals surface area contributed by atoms with Crippen LogP contribution in [0.25, 0.3) is 5.57 Å². The van der Waals surface area contributed by atoms with Crippen molar-refractivity contribution in [1.29, 1.82) is 5.26 Å². The van der Waals surface area contributed by atoms with Gasteiger partial charge in [-0.1, -0.05) is 6.08 Å². The lowest BCUT2D eigenvalue weighted by Gasteiger charge is -2.35. The molecule has 3 nitrogen and oxygen atoms in total. The molecule has 2 heterocycles. The number of aromatic nitrogens is 1. The van der Waals surface area contributed by atoms with Gasteiger partial charge in [0.2, 0.25) is 0 Å². The van der Waals surface area contributed by atoms with Gasteiger partial charge in [-0.05, 0) is 55.3 Å². The fourth-order valence-electron chi connectivity index (χ4n) is 3.06. The normalized spacial score (nSPS) is 26.9. The molecule has 1 aliphatic heterocycles. The molecule has 1 aliphatic carbocycles. The zero-order valence-corrected chi connectivity index (χ0v) is 10.4. The second-order valence-electron chi connectivity index (χ2n) is 5.19. The second-order valence-corrected chi connectivity index (χ2v) is 5.19. The minimum atomic E-state index is 0.522.